The summed E-state index contributed by atoms with van der Waals surface area (Å²) in [5.74, 6) is -1.89. The Kier molecular flexibility index (Phi) is 4.61. The summed E-state index contributed by atoms with van der Waals surface area (Å²) in [6.45, 7) is 7.58. The molecule has 1 aromatic carbocycles. The highest BCUT2D eigenvalue weighted by Crippen LogP contribution is 2.32. The van der Waals surface area contributed by atoms with Crippen LogP contribution < -0.4 is 10.6 Å². The van der Waals surface area contributed by atoms with Crippen molar-refractivity contribution in [3.8, 4) is 0 Å². The molecule has 0 amide bonds. The van der Waals surface area contributed by atoms with Gasteiger partial charge in [-0.1, -0.05) is 17.7 Å². The van der Waals surface area contributed by atoms with Gasteiger partial charge < -0.3 is 15.2 Å². The molecule has 1 atom stereocenters. The molecule has 2 aromatic heterocycles. The summed E-state index contributed by atoms with van der Waals surface area (Å²) < 4.78 is 29.5. The number of nitrogens with two attached hydrogens (primary N) is 1. The SMILES string of the molecule is [C-]#[N+]c1ccc2c(c1)nc(N1CCC(F)(F)[C@H](N)C1)n2Cc1ncc(Cl)cn1. The van der Waals surface area contributed by atoms with E-state index in [0.717, 1.165) is 5.52 Å². The lowest BCUT2D eigenvalue weighted by atomic mass is 10.0. The molecule has 0 spiro atoms. The monoisotopic (exact) mass is 403 g/mol. The van der Waals surface area contributed by atoms with E-state index >= 15 is 0 Å². The lowest BCUT2D eigenvalue weighted by molar-refractivity contribution is -0.0395. The van der Waals surface area contributed by atoms with Crippen molar-refractivity contribution < 1.29 is 8.78 Å². The molecule has 28 heavy (non-hydrogen) atoms. The number of nitrogens with zero attached hydrogens (tertiary/aromatic N) is 6. The molecule has 0 radical (unpaired) electrons. The van der Waals surface area contributed by atoms with Crippen molar-refractivity contribution in [3.63, 3.8) is 0 Å². The zero-order valence-corrected chi connectivity index (χ0v) is 15.4. The van der Waals surface area contributed by atoms with E-state index in [2.05, 4.69) is 19.8 Å². The quantitative estimate of drug-likeness (QED) is 0.679. The highest BCUT2D eigenvalue weighted by Gasteiger charge is 2.42. The fourth-order valence-corrected chi connectivity index (χ4v) is 3.35. The maximum Gasteiger partial charge on any atom is 0.266 e. The Morgan fingerprint density at radius 2 is 2.07 bits per heavy atom. The highest BCUT2D eigenvalue weighted by molar-refractivity contribution is 6.30. The first-order chi connectivity index (χ1) is 13.4. The number of fused-ring (bicyclic) bond motifs is 1. The molecule has 0 unspecified atom stereocenters. The van der Waals surface area contributed by atoms with Crippen LogP contribution in [0.15, 0.2) is 30.6 Å². The first-order valence-corrected chi connectivity index (χ1v) is 8.98. The summed E-state index contributed by atoms with van der Waals surface area (Å²) in [5, 5.41) is 0.422. The van der Waals surface area contributed by atoms with Crippen LogP contribution in [0.2, 0.25) is 5.02 Å². The smallest absolute Gasteiger partial charge is 0.266 e. The number of anilines is 1. The second-order valence-electron chi connectivity index (χ2n) is 6.66. The number of rotatable bonds is 3. The van der Waals surface area contributed by atoms with Crippen molar-refractivity contribution in [2.45, 2.75) is 24.9 Å². The molecule has 1 saturated heterocycles. The van der Waals surface area contributed by atoms with Crippen LogP contribution in [-0.2, 0) is 6.54 Å². The Hall–Kier alpha value is -2.83. The summed E-state index contributed by atoms with van der Waals surface area (Å²) in [6, 6.07) is 3.87. The van der Waals surface area contributed by atoms with Gasteiger partial charge in [-0.3, -0.25) is 0 Å². The fourth-order valence-electron chi connectivity index (χ4n) is 3.25. The van der Waals surface area contributed by atoms with Crippen LogP contribution >= 0.6 is 11.6 Å². The van der Waals surface area contributed by atoms with Crippen molar-refractivity contribution in [3.05, 3.63) is 52.9 Å². The lowest BCUT2D eigenvalue weighted by Gasteiger charge is -2.37. The summed E-state index contributed by atoms with van der Waals surface area (Å²) in [6.07, 6.45) is 2.65. The average molecular weight is 404 g/mol. The molecule has 2 N–H and O–H groups in total. The number of benzene rings is 1. The number of imidazole rings is 1. The Morgan fingerprint density at radius 1 is 1.32 bits per heavy atom. The first kappa shape index (κ1) is 18.5. The molecule has 7 nitrogen and oxygen atoms in total. The Bertz CT molecular complexity index is 1060. The minimum absolute atomic E-state index is 0.0204. The number of alkyl halides is 2. The number of hydrogen-bond acceptors (Lipinski definition) is 5. The van der Waals surface area contributed by atoms with Crippen LogP contribution in [0.3, 0.4) is 0 Å². The zero-order chi connectivity index (χ0) is 19.9. The summed E-state index contributed by atoms with van der Waals surface area (Å²) in [7, 11) is 0. The van der Waals surface area contributed by atoms with Gasteiger partial charge in [0.2, 0.25) is 5.95 Å². The molecule has 1 aliphatic heterocycles. The average Bonchev–Trinajstić information content (AvgIpc) is 3.03. The topological polar surface area (TPSA) is 77.2 Å². The minimum Gasteiger partial charge on any atom is -0.340 e. The third-order valence-electron chi connectivity index (χ3n) is 4.77. The van der Waals surface area contributed by atoms with Crippen molar-refractivity contribution in [1.29, 1.82) is 0 Å². The Morgan fingerprint density at radius 3 is 2.75 bits per heavy atom. The van der Waals surface area contributed by atoms with Crippen molar-refractivity contribution in [2.75, 3.05) is 18.0 Å². The number of piperidine rings is 1. The van der Waals surface area contributed by atoms with Gasteiger partial charge in [-0.15, -0.1) is 0 Å². The molecule has 10 heteroatoms. The molecule has 0 aliphatic carbocycles. The zero-order valence-electron chi connectivity index (χ0n) is 14.7. The normalized spacial score (nSPS) is 19.0. The maximum atomic E-state index is 13.8. The van der Waals surface area contributed by atoms with Gasteiger partial charge in [0.25, 0.3) is 5.92 Å². The second kappa shape index (κ2) is 6.96. The van der Waals surface area contributed by atoms with E-state index in [9.17, 15) is 8.78 Å². The molecule has 4 rings (SSSR count). The second-order valence-corrected chi connectivity index (χ2v) is 7.10. The summed E-state index contributed by atoms with van der Waals surface area (Å²) in [5.41, 5.74) is 7.50. The van der Waals surface area contributed by atoms with E-state index in [4.69, 9.17) is 23.9 Å². The van der Waals surface area contributed by atoms with Gasteiger partial charge in [-0.25, -0.2) is 28.6 Å². The predicted molar refractivity (Wildman–Crippen MR) is 102 cm³/mol. The van der Waals surface area contributed by atoms with Gasteiger partial charge in [0, 0.05) is 31.9 Å². The fraction of sp³-hybridized carbons (Fsp3) is 0.333. The van der Waals surface area contributed by atoms with Crippen molar-refractivity contribution in [1.82, 2.24) is 19.5 Å². The number of halogens is 3. The van der Waals surface area contributed by atoms with Crippen LogP contribution in [0, 0.1) is 6.57 Å². The number of aromatic nitrogens is 4. The van der Waals surface area contributed by atoms with E-state index in [1.807, 2.05) is 4.57 Å². The van der Waals surface area contributed by atoms with Crippen LogP contribution in [-0.4, -0.2) is 44.6 Å². The molecule has 0 saturated carbocycles. The van der Waals surface area contributed by atoms with Crippen LogP contribution in [0.4, 0.5) is 20.4 Å². The molecule has 144 valence electrons. The molecule has 1 aliphatic rings. The summed E-state index contributed by atoms with van der Waals surface area (Å²) >= 11 is 5.85. The van der Waals surface area contributed by atoms with Gasteiger partial charge in [0.15, 0.2) is 5.69 Å². The largest absolute Gasteiger partial charge is 0.340 e. The van der Waals surface area contributed by atoms with E-state index in [-0.39, 0.29) is 26.1 Å². The molecule has 1 fully saturated rings. The van der Waals surface area contributed by atoms with Gasteiger partial charge in [-0.05, 0) is 12.1 Å². The standard InChI is InChI=1S/C18H16ClF2N7/c1-23-12-2-3-14-13(6-12)26-17(27-5-4-18(20,21)15(22)9-27)28(14)10-16-24-7-11(19)8-25-16/h2-3,6-8,15H,4-5,9-10,22H2/t15-/m1/s1. The number of hydrogen-bond donors (Lipinski definition) is 1. The molecule has 3 aromatic rings. The van der Waals surface area contributed by atoms with Crippen molar-refractivity contribution in [2.24, 2.45) is 5.73 Å². The van der Waals surface area contributed by atoms with Crippen molar-refractivity contribution >= 4 is 34.3 Å². The molecular formula is C18H16ClF2N7. The van der Waals surface area contributed by atoms with Gasteiger partial charge in [0.05, 0.1) is 35.2 Å². The predicted octanol–water partition coefficient (Wildman–Crippen LogP) is 3.25. The highest BCUT2D eigenvalue weighted by atomic mass is 35.5. The lowest BCUT2D eigenvalue weighted by Crippen LogP contribution is -2.55. The van der Waals surface area contributed by atoms with E-state index in [1.54, 1.807) is 23.1 Å². The van der Waals surface area contributed by atoms with E-state index in [1.165, 1.54) is 12.4 Å². The van der Waals surface area contributed by atoms with Gasteiger partial charge in [0.1, 0.15) is 5.82 Å². The van der Waals surface area contributed by atoms with Crippen LogP contribution in [0.25, 0.3) is 15.9 Å². The molecular weight excluding hydrogens is 388 g/mol. The first-order valence-electron chi connectivity index (χ1n) is 8.60. The Labute approximate surface area is 164 Å². The van der Waals surface area contributed by atoms with Crippen LogP contribution in [0.1, 0.15) is 12.2 Å². The molecule has 3 heterocycles. The van der Waals surface area contributed by atoms with Gasteiger partial charge >= 0.3 is 0 Å². The Balaban J connectivity index is 1.78. The maximum absolute atomic E-state index is 13.8. The minimum atomic E-state index is -2.90. The van der Waals surface area contributed by atoms with E-state index < -0.39 is 12.0 Å². The third-order valence-corrected chi connectivity index (χ3v) is 4.97. The van der Waals surface area contributed by atoms with Gasteiger partial charge in [-0.2, -0.15) is 0 Å². The third kappa shape index (κ3) is 3.37. The van der Waals surface area contributed by atoms with E-state index in [0.29, 0.717) is 28.0 Å². The molecule has 0 bridgehead atoms. The van der Waals surface area contributed by atoms with Crippen LogP contribution in [0.5, 0.6) is 0 Å². The summed E-state index contributed by atoms with van der Waals surface area (Å²) in [4.78, 5) is 18.2.